The lowest BCUT2D eigenvalue weighted by Crippen LogP contribution is -2.41. The van der Waals surface area contributed by atoms with Crippen LogP contribution in [0.2, 0.25) is 0 Å². The molecule has 2 heterocycles. The quantitative estimate of drug-likeness (QED) is 0.642. The third-order valence-electron chi connectivity index (χ3n) is 5.89. The maximum Gasteiger partial charge on any atom is 0.337 e. The number of amides is 2. The molecule has 4 rings (SSSR count). The van der Waals surface area contributed by atoms with Crippen molar-refractivity contribution in [1.82, 2.24) is 15.5 Å². The fraction of sp³-hybridized carbons (Fsp3) is 0.320. The van der Waals surface area contributed by atoms with Gasteiger partial charge in [0.25, 0.3) is 0 Å². The van der Waals surface area contributed by atoms with Crippen molar-refractivity contribution in [3.05, 3.63) is 64.5 Å². The molecule has 0 bridgehead atoms. The summed E-state index contributed by atoms with van der Waals surface area (Å²) in [5.74, 6) is 1.99. The summed E-state index contributed by atoms with van der Waals surface area (Å²) in [6, 6.07) is 11.5. The fourth-order valence-corrected chi connectivity index (χ4v) is 4.27. The summed E-state index contributed by atoms with van der Waals surface area (Å²) in [5.41, 5.74) is 6.19. The van der Waals surface area contributed by atoms with Crippen LogP contribution in [0.4, 0.5) is 4.79 Å². The van der Waals surface area contributed by atoms with Gasteiger partial charge in [0, 0.05) is 23.7 Å². The van der Waals surface area contributed by atoms with Crippen molar-refractivity contribution in [3.8, 4) is 22.6 Å². The molecule has 1 aliphatic rings. The average Bonchev–Trinajstić information content (AvgIpc) is 3.08. The Hall–Kier alpha value is -3.81. The van der Waals surface area contributed by atoms with Gasteiger partial charge in [-0.2, -0.15) is 5.10 Å². The molecule has 2 aromatic carbocycles. The van der Waals surface area contributed by atoms with Gasteiger partial charge in [0.2, 0.25) is 0 Å². The Morgan fingerprint density at radius 2 is 1.82 bits per heavy atom. The maximum absolute atomic E-state index is 12.7. The Morgan fingerprint density at radius 1 is 1.12 bits per heavy atom. The number of aromatic nitrogens is 1. The number of carbonyl (C=O) groups is 1. The van der Waals surface area contributed by atoms with E-state index in [0.717, 1.165) is 39.3 Å². The van der Waals surface area contributed by atoms with Crippen molar-refractivity contribution < 1.29 is 18.8 Å². The second-order valence-electron chi connectivity index (χ2n) is 8.05. The highest BCUT2D eigenvalue weighted by Gasteiger charge is 2.28. The second-order valence-corrected chi connectivity index (χ2v) is 8.05. The Morgan fingerprint density at radius 3 is 2.45 bits per heavy atom. The summed E-state index contributed by atoms with van der Waals surface area (Å²) in [6.45, 7) is 5.79. The van der Waals surface area contributed by atoms with E-state index in [1.165, 1.54) is 5.01 Å². The van der Waals surface area contributed by atoms with Gasteiger partial charge < -0.3 is 19.3 Å². The van der Waals surface area contributed by atoms with Gasteiger partial charge in [-0.25, -0.2) is 9.80 Å². The van der Waals surface area contributed by atoms with Gasteiger partial charge in [0.1, 0.15) is 5.76 Å². The van der Waals surface area contributed by atoms with E-state index >= 15 is 0 Å². The fourth-order valence-electron chi connectivity index (χ4n) is 4.27. The third kappa shape index (κ3) is 4.04. The first-order valence-electron chi connectivity index (χ1n) is 10.8. The first-order chi connectivity index (χ1) is 15.9. The molecule has 1 aliphatic heterocycles. The first kappa shape index (κ1) is 22.4. The summed E-state index contributed by atoms with van der Waals surface area (Å²) in [4.78, 5) is 12.7. The van der Waals surface area contributed by atoms with Gasteiger partial charge in [-0.15, -0.1) is 0 Å². The topological polar surface area (TPSA) is 89.2 Å². The molecule has 0 saturated carbocycles. The Kier molecular flexibility index (Phi) is 6.09. The minimum Gasteiger partial charge on any atom is -0.493 e. The average molecular weight is 449 g/mol. The number of hydrazone groups is 1. The van der Waals surface area contributed by atoms with Crippen molar-refractivity contribution in [1.29, 1.82) is 0 Å². The molecule has 2 amide bonds. The van der Waals surface area contributed by atoms with E-state index < -0.39 is 0 Å². The van der Waals surface area contributed by atoms with Gasteiger partial charge in [-0.1, -0.05) is 23.4 Å². The van der Waals surface area contributed by atoms with Crippen LogP contribution in [0.15, 0.2) is 46.0 Å². The molecule has 0 spiro atoms. The van der Waals surface area contributed by atoms with Crippen LogP contribution in [0.1, 0.15) is 35.1 Å². The largest absolute Gasteiger partial charge is 0.493 e. The molecule has 1 aromatic heterocycles. The van der Waals surface area contributed by atoms with E-state index in [9.17, 15) is 4.79 Å². The molecule has 0 aliphatic carbocycles. The van der Waals surface area contributed by atoms with Gasteiger partial charge in [-0.05, 0) is 56.5 Å². The van der Waals surface area contributed by atoms with Crippen LogP contribution in [-0.2, 0) is 6.42 Å². The van der Waals surface area contributed by atoms with Crippen LogP contribution in [0.3, 0.4) is 0 Å². The van der Waals surface area contributed by atoms with Crippen LogP contribution >= 0.6 is 0 Å². The van der Waals surface area contributed by atoms with Crippen molar-refractivity contribution in [2.75, 3.05) is 21.3 Å². The van der Waals surface area contributed by atoms with Gasteiger partial charge >= 0.3 is 6.03 Å². The molecule has 0 radical (unpaired) electrons. The van der Waals surface area contributed by atoms with Crippen molar-refractivity contribution in [3.63, 3.8) is 0 Å². The predicted octanol–water partition coefficient (Wildman–Crippen LogP) is 4.31. The number of fused-ring (bicyclic) bond motifs is 1. The molecule has 1 atom stereocenters. The van der Waals surface area contributed by atoms with E-state index in [4.69, 9.17) is 19.1 Å². The van der Waals surface area contributed by atoms with Crippen molar-refractivity contribution in [2.24, 2.45) is 5.10 Å². The number of carbonyl (C=O) groups excluding carboxylic acids is 1. The number of urea groups is 1. The van der Waals surface area contributed by atoms with Crippen molar-refractivity contribution >= 4 is 11.7 Å². The predicted molar refractivity (Wildman–Crippen MR) is 126 cm³/mol. The Bertz CT molecular complexity index is 1210. The molecule has 1 N–H and O–H groups in total. The van der Waals surface area contributed by atoms with E-state index in [-0.39, 0.29) is 12.1 Å². The zero-order chi connectivity index (χ0) is 23.7. The van der Waals surface area contributed by atoms with Crippen LogP contribution < -0.4 is 14.8 Å². The Balaban J connectivity index is 1.95. The number of aryl methyl sites for hydroxylation is 2. The van der Waals surface area contributed by atoms with Gasteiger partial charge in [0.05, 0.1) is 31.7 Å². The smallest absolute Gasteiger partial charge is 0.337 e. The number of ether oxygens (including phenoxy) is 2. The first-order valence-corrected chi connectivity index (χ1v) is 10.8. The summed E-state index contributed by atoms with van der Waals surface area (Å²) in [5, 5.41) is 13.1. The molecule has 8 heteroatoms. The molecule has 8 nitrogen and oxygen atoms in total. The monoisotopic (exact) mass is 448 g/mol. The van der Waals surface area contributed by atoms with E-state index in [2.05, 4.69) is 10.5 Å². The molecule has 172 valence electrons. The molecule has 1 unspecified atom stereocenters. The lowest BCUT2D eigenvalue weighted by Gasteiger charge is -2.22. The van der Waals surface area contributed by atoms with Gasteiger partial charge in [0.15, 0.2) is 11.5 Å². The molecule has 33 heavy (non-hydrogen) atoms. The number of rotatable bonds is 4. The minimum atomic E-state index is -0.270. The van der Waals surface area contributed by atoms with Crippen LogP contribution in [0.5, 0.6) is 11.5 Å². The summed E-state index contributed by atoms with van der Waals surface area (Å²) >= 11 is 0. The van der Waals surface area contributed by atoms with Gasteiger partial charge in [-0.3, -0.25) is 0 Å². The number of nitrogens with zero attached hydrogens (tertiary/aromatic N) is 3. The number of nitrogens with one attached hydrogen (secondary N) is 1. The highest BCUT2D eigenvalue weighted by molar-refractivity contribution is 6.15. The number of hydrogen-bond donors (Lipinski definition) is 1. The zero-order valence-electron chi connectivity index (χ0n) is 19.7. The molecule has 3 aromatic rings. The molecule has 0 saturated heterocycles. The van der Waals surface area contributed by atoms with Crippen LogP contribution in [-0.4, -0.2) is 49.2 Å². The minimum absolute atomic E-state index is 0.162. The molecular formula is C25H28N4O4. The SMILES string of the molecule is CNC(=O)N1N=C(c2cccc(-c3c(C)noc3C)c2)c2cc(OC)c(OC)cc2CC1C. The molecular weight excluding hydrogens is 420 g/mol. The van der Waals surface area contributed by atoms with E-state index in [0.29, 0.717) is 23.6 Å². The summed E-state index contributed by atoms with van der Waals surface area (Å²) in [6.07, 6.45) is 0.611. The lowest BCUT2D eigenvalue weighted by atomic mass is 9.92. The van der Waals surface area contributed by atoms with Crippen LogP contribution in [0.25, 0.3) is 11.1 Å². The number of methoxy groups -OCH3 is 2. The second kappa shape index (κ2) is 8.97. The highest BCUT2D eigenvalue weighted by Crippen LogP contribution is 2.35. The highest BCUT2D eigenvalue weighted by atomic mass is 16.5. The van der Waals surface area contributed by atoms with E-state index in [1.807, 2.05) is 57.2 Å². The van der Waals surface area contributed by atoms with E-state index in [1.54, 1.807) is 21.3 Å². The number of benzene rings is 2. The van der Waals surface area contributed by atoms with Crippen LogP contribution in [0, 0.1) is 13.8 Å². The normalized spacial score (nSPS) is 15.4. The maximum atomic E-state index is 12.7. The summed E-state index contributed by atoms with van der Waals surface area (Å²) < 4.78 is 16.5. The zero-order valence-corrected chi connectivity index (χ0v) is 19.7. The van der Waals surface area contributed by atoms with Crippen molar-refractivity contribution in [2.45, 2.75) is 33.2 Å². The third-order valence-corrected chi connectivity index (χ3v) is 5.89. The Labute approximate surface area is 193 Å². The summed E-state index contributed by atoms with van der Waals surface area (Å²) in [7, 11) is 4.82. The standard InChI is InChI=1S/C25H28N4O4/c1-14-10-19-12-21(31-5)22(32-6)13-20(19)24(27-29(14)25(30)26-4)18-9-7-8-17(11-18)23-15(2)28-33-16(23)3/h7-9,11-14H,10H2,1-6H3,(H,26,30). The number of hydrogen-bond acceptors (Lipinski definition) is 6. The molecule has 0 fully saturated rings. The lowest BCUT2D eigenvalue weighted by molar-refractivity contribution is 0.184.